The van der Waals surface area contributed by atoms with Gasteiger partial charge in [-0.15, -0.1) is 0 Å². The average Bonchev–Trinajstić information content (AvgIpc) is 2.86. The van der Waals surface area contributed by atoms with Crippen LogP contribution in [-0.2, 0) is 22.4 Å². The maximum absolute atomic E-state index is 10.6. The first-order valence-electron chi connectivity index (χ1n) is 7.25. The fourth-order valence-corrected chi connectivity index (χ4v) is 2.69. The van der Waals surface area contributed by atoms with E-state index in [0.29, 0.717) is 38.4 Å². The maximum atomic E-state index is 10.6. The van der Waals surface area contributed by atoms with Crippen LogP contribution in [0.1, 0.15) is 32.5 Å². The predicted molar refractivity (Wildman–Crippen MR) is 74.4 cm³/mol. The van der Waals surface area contributed by atoms with Crippen molar-refractivity contribution in [2.45, 2.75) is 51.4 Å². The molecule has 1 atom stereocenters. The zero-order chi connectivity index (χ0) is 14.6. The quantitative estimate of drug-likeness (QED) is 0.844. The molecule has 114 valence electrons. The molecule has 1 aliphatic heterocycles. The minimum atomic E-state index is -0.591. The maximum Gasteiger partial charge on any atom is 0.138 e. The van der Waals surface area contributed by atoms with E-state index in [1.54, 1.807) is 13.4 Å². The Labute approximate surface area is 120 Å². The van der Waals surface area contributed by atoms with E-state index in [0.717, 1.165) is 12.4 Å². The molecule has 1 N–H and O–H groups in total. The van der Waals surface area contributed by atoms with Crippen LogP contribution in [0.4, 0.5) is 0 Å². The number of ether oxygens (including phenoxy) is 2. The van der Waals surface area contributed by atoms with E-state index in [-0.39, 0.29) is 0 Å². The third kappa shape index (κ3) is 3.37. The second-order valence-electron chi connectivity index (χ2n) is 5.85. The lowest BCUT2D eigenvalue weighted by molar-refractivity contribution is -0.152. The highest BCUT2D eigenvalue weighted by atomic mass is 16.5. The van der Waals surface area contributed by atoms with E-state index in [4.69, 9.17) is 9.47 Å². The summed E-state index contributed by atoms with van der Waals surface area (Å²) in [6.07, 6.45) is 2.84. The summed E-state index contributed by atoms with van der Waals surface area (Å²) >= 11 is 0. The van der Waals surface area contributed by atoms with Gasteiger partial charge in [0, 0.05) is 46.1 Å². The number of aliphatic hydroxyl groups excluding tert-OH is 1. The van der Waals surface area contributed by atoms with Crippen molar-refractivity contribution in [1.82, 2.24) is 14.8 Å². The molecule has 0 saturated carbocycles. The van der Waals surface area contributed by atoms with Gasteiger partial charge >= 0.3 is 0 Å². The van der Waals surface area contributed by atoms with Crippen LogP contribution in [-0.4, -0.2) is 51.9 Å². The Kier molecular flexibility index (Phi) is 5.12. The van der Waals surface area contributed by atoms with Crippen LogP contribution in [0.2, 0.25) is 0 Å². The van der Waals surface area contributed by atoms with Gasteiger partial charge in [0.1, 0.15) is 12.2 Å². The lowest BCUT2D eigenvalue weighted by Crippen LogP contribution is -2.49. The standard InChI is InChI=1S/C14H25N3O3/c1-11(2)9-17-13(15-10-16-17)8-12(18)14(19-3)4-6-20-7-5-14/h10-12,18H,4-9H2,1-3H3. The lowest BCUT2D eigenvalue weighted by Gasteiger charge is -2.39. The zero-order valence-corrected chi connectivity index (χ0v) is 12.6. The van der Waals surface area contributed by atoms with Gasteiger partial charge < -0.3 is 14.6 Å². The van der Waals surface area contributed by atoms with E-state index in [9.17, 15) is 5.11 Å². The van der Waals surface area contributed by atoms with E-state index in [1.165, 1.54) is 0 Å². The Morgan fingerprint density at radius 1 is 1.45 bits per heavy atom. The number of nitrogens with zero attached hydrogens (tertiary/aromatic N) is 3. The molecule has 1 unspecified atom stereocenters. The van der Waals surface area contributed by atoms with Gasteiger partial charge in [-0.05, 0) is 5.92 Å². The highest BCUT2D eigenvalue weighted by Crippen LogP contribution is 2.29. The Morgan fingerprint density at radius 2 is 2.15 bits per heavy atom. The van der Waals surface area contributed by atoms with Crippen LogP contribution in [0.5, 0.6) is 0 Å². The van der Waals surface area contributed by atoms with Crippen LogP contribution >= 0.6 is 0 Å². The SMILES string of the molecule is COC1(C(O)Cc2ncnn2CC(C)C)CCOCC1. The average molecular weight is 283 g/mol. The van der Waals surface area contributed by atoms with Crippen LogP contribution in [0.3, 0.4) is 0 Å². The van der Waals surface area contributed by atoms with Crippen molar-refractivity contribution in [3.63, 3.8) is 0 Å². The van der Waals surface area contributed by atoms with Gasteiger partial charge in [-0.3, -0.25) is 0 Å². The van der Waals surface area contributed by atoms with Gasteiger partial charge in [-0.2, -0.15) is 5.10 Å². The number of hydrogen-bond donors (Lipinski definition) is 1. The molecule has 2 rings (SSSR count). The molecule has 20 heavy (non-hydrogen) atoms. The summed E-state index contributed by atoms with van der Waals surface area (Å²) in [4.78, 5) is 4.27. The molecule has 6 nitrogen and oxygen atoms in total. The van der Waals surface area contributed by atoms with Gasteiger partial charge in [0.15, 0.2) is 0 Å². The summed E-state index contributed by atoms with van der Waals surface area (Å²) < 4.78 is 12.9. The van der Waals surface area contributed by atoms with Gasteiger partial charge in [0.05, 0.1) is 11.7 Å². The first-order chi connectivity index (χ1) is 9.57. The summed E-state index contributed by atoms with van der Waals surface area (Å²) in [5.41, 5.74) is -0.521. The molecular formula is C14H25N3O3. The third-order valence-corrected chi connectivity index (χ3v) is 3.96. The normalized spacial score (nSPS) is 20.2. The van der Waals surface area contributed by atoms with Crippen molar-refractivity contribution in [3.05, 3.63) is 12.2 Å². The van der Waals surface area contributed by atoms with Crippen LogP contribution in [0, 0.1) is 5.92 Å². The fourth-order valence-electron chi connectivity index (χ4n) is 2.69. The number of hydrogen-bond acceptors (Lipinski definition) is 5. The third-order valence-electron chi connectivity index (χ3n) is 3.96. The smallest absolute Gasteiger partial charge is 0.138 e. The Morgan fingerprint density at radius 3 is 2.75 bits per heavy atom. The molecule has 0 aromatic carbocycles. The monoisotopic (exact) mass is 283 g/mol. The summed E-state index contributed by atoms with van der Waals surface area (Å²) in [5, 5.41) is 14.8. The first kappa shape index (κ1) is 15.4. The van der Waals surface area contributed by atoms with Crippen molar-refractivity contribution in [1.29, 1.82) is 0 Å². The first-order valence-corrected chi connectivity index (χ1v) is 7.25. The highest BCUT2D eigenvalue weighted by Gasteiger charge is 2.40. The zero-order valence-electron chi connectivity index (χ0n) is 12.6. The van der Waals surface area contributed by atoms with Crippen molar-refractivity contribution < 1.29 is 14.6 Å². The molecular weight excluding hydrogens is 258 g/mol. The van der Waals surface area contributed by atoms with Crippen LogP contribution < -0.4 is 0 Å². The molecule has 0 bridgehead atoms. The molecule has 6 heteroatoms. The summed E-state index contributed by atoms with van der Waals surface area (Å²) in [6, 6.07) is 0. The highest BCUT2D eigenvalue weighted by molar-refractivity contribution is 4.97. The Hall–Kier alpha value is -0.980. The van der Waals surface area contributed by atoms with Crippen molar-refractivity contribution >= 4 is 0 Å². The molecule has 1 saturated heterocycles. The van der Waals surface area contributed by atoms with Gasteiger partial charge in [-0.25, -0.2) is 9.67 Å². The van der Waals surface area contributed by atoms with Gasteiger partial charge in [0.25, 0.3) is 0 Å². The molecule has 0 radical (unpaired) electrons. The summed E-state index contributed by atoms with van der Waals surface area (Å²) in [7, 11) is 1.66. The topological polar surface area (TPSA) is 69.4 Å². The molecule has 0 spiro atoms. The molecule has 0 aliphatic carbocycles. The number of methoxy groups -OCH3 is 1. The minimum absolute atomic E-state index is 0.459. The second-order valence-corrected chi connectivity index (χ2v) is 5.85. The van der Waals surface area contributed by atoms with Crippen molar-refractivity contribution in [2.75, 3.05) is 20.3 Å². The Balaban J connectivity index is 2.06. The number of aromatic nitrogens is 3. The molecule has 1 fully saturated rings. The van der Waals surface area contributed by atoms with Gasteiger partial charge in [-0.1, -0.05) is 13.8 Å². The molecule has 1 aromatic rings. The number of aliphatic hydroxyl groups is 1. The predicted octanol–water partition coefficient (Wildman–Crippen LogP) is 1.03. The van der Waals surface area contributed by atoms with Crippen molar-refractivity contribution in [3.8, 4) is 0 Å². The molecule has 0 amide bonds. The lowest BCUT2D eigenvalue weighted by atomic mass is 9.86. The minimum Gasteiger partial charge on any atom is -0.390 e. The number of rotatable bonds is 6. The Bertz CT molecular complexity index is 414. The van der Waals surface area contributed by atoms with E-state index >= 15 is 0 Å². The van der Waals surface area contributed by atoms with E-state index < -0.39 is 11.7 Å². The fraction of sp³-hybridized carbons (Fsp3) is 0.857. The molecule has 1 aromatic heterocycles. The van der Waals surface area contributed by atoms with E-state index in [1.807, 2.05) is 4.68 Å². The second kappa shape index (κ2) is 6.65. The van der Waals surface area contributed by atoms with Crippen LogP contribution in [0.15, 0.2) is 6.33 Å². The van der Waals surface area contributed by atoms with E-state index in [2.05, 4.69) is 23.9 Å². The van der Waals surface area contributed by atoms with Gasteiger partial charge in [0.2, 0.25) is 0 Å². The van der Waals surface area contributed by atoms with Crippen molar-refractivity contribution in [2.24, 2.45) is 5.92 Å². The molecule has 2 heterocycles. The summed E-state index contributed by atoms with van der Waals surface area (Å²) in [5.74, 6) is 1.31. The molecule has 1 aliphatic rings. The largest absolute Gasteiger partial charge is 0.390 e. The van der Waals surface area contributed by atoms with Crippen LogP contribution in [0.25, 0.3) is 0 Å². The summed E-state index contributed by atoms with van der Waals surface area (Å²) in [6.45, 7) is 6.34.